The number of amides is 1. The molecular formula is C15H30N2O. The van der Waals surface area contributed by atoms with Gasteiger partial charge in [-0.25, -0.2) is 0 Å². The third-order valence-corrected chi connectivity index (χ3v) is 4.47. The summed E-state index contributed by atoms with van der Waals surface area (Å²) >= 11 is 0. The fourth-order valence-electron chi connectivity index (χ4n) is 2.78. The van der Waals surface area contributed by atoms with Crippen LogP contribution in [0.25, 0.3) is 0 Å². The smallest absolute Gasteiger partial charge is 0.223 e. The van der Waals surface area contributed by atoms with Crippen LogP contribution < -0.4 is 11.1 Å². The van der Waals surface area contributed by atoms with Crippen molar-refractivity contribution in [3.8, 4) is 0 Å². The zero-order chi connectivity index (χ0) is 13.6. The van der Waals surface area contributed by atoms with Crippen molar-refractivity contribution >= 4 is 5.91 Å². The Morgan fingerprint density at radius 2 is 1.83 bits per heavy atom. The average Bonchev–Trinajstić information content (AvgIpc) is 2.36. The van der Waals surface area contributed by atoms with Crippen LogP contribution in [0.4, 0.5) is 0 Å². The fourth-order valence-corrected chi connectivity index (χ4v) is 2.78. The molecule has 0 aromatic carbocycles. The van der Waals surface area contributed by atoms with E-state index in [0.29, 0.717) is 5.92 Å². The summed E-state index contributed by atoms with van der Waals surface area (Å²) < 4.78 is 0. The second-order valence-electron chi connectivity index (χ2n) is 6.26. The van der Waals surface area contributed by atoms with Gasteiger partial charge in [-0.1, -0.05) is 40.0 Å². The summed E-state index contributed by atoms with van der Waals surface area (Å²) in [6.45, 7) is 6.96. The van der Waals surface area contributed by atoms with Gasteiger partial charge in [0.1, 0.15) is 0 Å². The van der Waals surface area contributed by atoms with Crippen LogP contribution in [-0.2, 0) is 4.79 Å². The van der Waals surface area contributed by atoms with Gasteiger partial charge in [-0.15, -0.1) is 0 Å². The van der Waals surface area contributed by atoms with E-state index < -0.39 is 0 Å². The van der Waals surface area contributed by atoms with Crippen LogP contribution >= 0.6 is 0 Å². The van der Waals surface area contributed by atoms with Gasteiger partial charge in [0.2, 0.25) is 5.91 Å². The van der Waals surface area contributed by atoms with E-state index >= 15 is 0 Å². The summed E-state index contributed by atoms with van der Waals surface area (Å²) in [6.07, 6.45) is 8.09. The van der Waals surface area contributed by atoms with E-state index in [2.05, 4.69) is 19.2 Å². The lowest BCUT2D eigenvalue weighted by molar-refractivity contribution is -0.128. The highest BCUT2D eigenvalue weighted by Gasteiger charge is 2.34. The lowest BCUT2D eigenvalue weighted by Crippen LogP contribution is -2.52. The molecule has 3 nitrogen and oxygen atoms in total. The lowest BCUT2D eigenvalue weighted by atomic mass is 9.78. The van der Waals surface area contributed by atoms with Crippen LogP contribution in [0.5, 0.6) is 0 Å². The van der Waals surface area contributed by atoms with E-state index in [1.165, 1.54) is 19.3 Å². The zero-order valence-corrected chi connectivity index (χ0v) is 12.3. The first-order valence-electron chi connectivity index (χ1n) is 7.53. The molecule has 0 heterocycles. The molecule has 0 spiro atoms. The minimum absolute atomic E-state index is 0.0395. The summed E-state index contributed by atoms with van der Waals surface area (Å²) in [4.78, 5) is 12.3. The van der Waals surface area contributed by atoms with E-state index in [-0.39, 0.29) is 17.4 Å². The summed E-state index contributed by atoms with van der Waals surface area (Å²) in [7, 11) is 0. The van der Waals surface area contributed by atoms with Crippen molar-refractivity contribution in [1.82, 2.24) is 5.32 Å². The number of hydrogen-bond acceptors (Lipinski definition) is 2. The Labute approximate surface area is 112 Å². The third kappa shape index (κ3) is 4.27. The molecule has 1 atom stereocenters. The highest BCUT2D eigenvalue weighted by atomic mass is 16.2. The molecule has 1 saturated carbocycles. The van der Waals surface area contributed by atoms with Gasteiger partial charge in [-0.2, -0.15) is 0 Å². The normalized spacial score (nSPS) is 20.7. The van der Waals surface area contributed by atoms with E-state index in [0.717, 1.165) is 32.2 Å². The number of carbonyl (C=O) groups excluding carboxylic acids is 1. The summed E-state index contributed by atoms with van der Waals surface area (Å²) in [5, 5.41) is 3.35. The standard InChI is InChI=1S/C15H30N2O/c1-12(2)13(3)14(18)17-15(10-7-11-16)8-5-4-6-9-15/h12-13H,4-11,16H2,1-3H3,(H,17,18). The van der Waals surface area contributed by atoms with Crippen molar-refractivity contribution < 1.29 is 4.79 Å². The molecular weight excluding hydrogens is 224 g/mol. The minimum Gasteiger partial charge on any atom is -0.350 e. The number of hydrogen-bond donors (Lipinski definition) is 2. The maximum absolute atomic E-state index is 12.3. The lowest BCUT2D eigenvalue weighted by Gasteiger charge is -2.39. The van der Waals surface area contributed by atoms with E-state index in [4.69, 9.17) is 5.73 Å². The van der Waals surface area contributed by atoms with Gasteiger partial charge in [0.15, 0.2) is 0 Å². The predicted molar refractivity (Wildman–Crippen MR) is 76.2 cm³/mol. The highest BCUT2D eigenvalue weighted by Crippen LogP contribution is 2.32. The Morgan fingerprint density at radius 3 is 2.33 bits per heavy atom. The molecule has 0 bridgehead atoms. The van der Waals surface area contributed by atoms with Crippen molar-refractivity contribution in [1.29, 1.82) is 0 Å². The van der Waals surface area contributed by atoms with E-state index in [9.17, 15) is 4.79 Å². The minimum atomic E-state index is 0.0395. The molecule has 1 rings (SSSR count). The maximum Gasteiger partial charge on any atom is 0.223 e. The monoisotopic (exact) mass is 254 g/mol. The Hall–Kier alpha value is -0.570. The van der Waals surface area contributed by atoms with Crippen LogP contribution in [0, 0.1) is 11.8 Å². The molecule has 3 heteroatoms. The number of nitrogens with one attached hydrogen (secondary N) is 1. The van der Waals surface area contributed by atoms with Crippen LogP contribution in [0.2, 0.25) is 0 Å². The van der Waals surface area contributed by atoms with Gasteiger partial charge in [0.25, 0.3) is 0 Å². The zero-order valence-electron chi connectivity index (χ0n) is 12.3. The topological polar surface area (TPSA) is 55.1 Å². The highest BCUT2D eigenvalue weighted by molar-refractivity contribution is 5.79. The molecule has 0 saturated heterocycles. The largest absolute Gasteiger partial charge is 0.350 e. The molecule has 0 aliphatic heterocycles. The van der Waals surface area contributed by atoms with Gasteiger partial charge in [0.05, 0.1) is 0 Å². The van der Waals surface area contributed by atoms with E-state index in [1.807, 2.05) is 6.92 Å². The maximum atomic E-state index is 12.3. The molecule has 1 amide bonds. The van der Waals surface area contributed by atoms with Crippen LogP contribution in [0.1, 0.15) is 65.7 Å². The molecule has 0 aromatic heterocycles. The van der Waals surface area contributed by atoms with Crippen molar-refractivity contribution in [3.05, 3.63) is 0 Å². The van der Waals surface area contributed by atoms with Crippen molar-refractivity contribution in [3.63, 3.8) is 0 Å². The average molecular weight is 254 g/mol. The van der Waals surface area contributed by atoms with Crippen molar-refractivity contribution in [2.45, 2.75) is 71.3 Å². The molecule has 18 heavy (non-hydrogen) atoms. The first kappa shape index (κ1) is 15.5. The third-order valence-electron chi connectivity index (χ3n) is 4.47. The number of nitrogens with two attached hydrogens (primary N) is 1. The van der Waals surface area contributed by atoms with Gasteiger partial charge in [-0.3, -0.25) is 4.79 Å². The van der Waals surface area contributed by atoms with Crippen LogP contribution in [0.3, 0.4) is 0 Å². The Kier molecular flexibility index (Phi) is 6.13. The fraction of sp³-hybridized carbons (Fsp3) is 0.933. The SMILES string of the molecule is CC(C)C(C)C(=O)NC1(CCCN)CCCCC1. The Morgan fingerprint density at radius 1 is 1.22 bits per heavy atom. The molecule has 1 unspecified atom stereocenters. The molecule has 1 aliphatic rings. The number of rotatable bonds is 6. The summed E-state index contributed by atoms with van der Waals surface area (Å²) in [5.41, 5.74) is 5.67. The van der Waals surface area contributed by atoms with Gasteiger partial charge in [0, 0.05) is 11.5 Å². The van der Waals surface area contributed by atoms with Gasteiger partial charge < -0.3 is 11.1 Å². The van der Waals surface area contributed by atoms with Gasteiger partial charge >= 0.3 is 0 Å². The first-order valence-corrected chi connectivity index (χ1v) is 7.53. The quantitative estimate of drug-likeness (QED) is 0.766. The molecule has 0 aromatic rings. The van der Waals surface area contributed by atoms with Crippen LogP contribution in [-0.4, -0.2) is 18.0 Å². The Balaban J connectivity index is 2.62. The predicted octanol–water partition coefficient (Wildman–Crippen LogP) is 2.84. The van der Waals surface area contributed by atoms with Crippen LogP contribution in [0.15, 0.2) is 0 Å². The molecule has 3 N–H and O–H groups in total. The van der Waals surface area contributed by atoms with E-state index in [1.54, 1.807) is 0 Å². The summed E-state index contributed by atoms with van der Waals surface area (Å²) in [6, 6.07) is 0. The van der Waals surface area contributed by atoms with Gasteiger partial charge in [-0.05, 0) is 38.1 Å². The van der Waals surface area contributed by atoms with Crippen molar-refractivity contribution in [2.24, 2.45) is 17.6 Å². The summed E-state index contributed by atoms with van der Waals surface area (Å²) in [5.74, 6) is 0.728. The second kappa shape index (κ2) is 7.13. The molecule has 106 valence electrons. The Bertz CT molecular complexity index is 257. The van der Waals surface area contributed by atoms with Crippen molar-refractivity contribution in [2.75, 3.05) is 6.54 Å². The molecule has 1 fully saturated rings. The molecule has 1 aliphatic carbocycles. The first-order chi connectivity index (χ1) is 8.51. The number of carbonyl (C=O) groups is 1. The second-order valence-corrected chi connectivity index (χ2v) is 6.26. The molecule has 0 radical (unpaired) electrons.